The van der Waals surface area contributed by atoms with Crippen molar-refractivity contribution < 1.29 is 18.3 Å². The molecule has 0 aliphatic carbocycles. The second-order valence-electron chi connectivity index (χ2n) is 9.28. The molecule has 4 aromatic rings. The standard InChI is InChI=1S/C27H24Cl2N4O6S/c28-21-13-19(33-27(36)31-25(35)16-30-33)14-22(29)26(21)39-20-9-10-23(34)24(15-20)40(37,38)32-11-5-4-8-18(32)12-17-6-2-1-3-7-17/h1-3,6-7,9-10,13-16,18,34H,4-5,8,11-12H2,(H,31,35,36). The monoisotopic (exact) mass is 602 g/mol. The molecule has 2 N–H and O–H groups in total. The van der Waals surface area contributed by atoms with E-state index in [1.54, 1.807) is 0 Å². The molecule has 1 aliphatic rings. The van der Waals surface area contributed by atoms with Crippen molar-refractivity contribution in [2.45, 2.75) is 36.6 Å². The van der Waals surface area contributed by atoms with E-state index in [9.17, 15) is 23.1 Å². The normalized spacial score (nSPS) is 16.1. The summed E-state index contributed by atoms with van der Waals surface area (Å²) in [6, 6.07) is 16.0. The van der Waals surface area contributed by atoms with Crippen LogP contribution in [0.25, 0.3) is 5.69 Å². The number of sulfonamides is 1. The van der Waals surface area contributed by atoms with E-state index >= 15 is 0 Å². The molecule has 1 atom stereocenters. The van der Waals surface area contributed by atoms with E-state index in [2.05, 4.69) is 10.1 Å². The molecule has 0 bridgehead atoms. The lowest BCUT2D eigenvalue weighted by Gasteiger charge is -2.35. The number of phenols is 1. The van der Waals surface area contributed by atoms with Crippen LogP contribution in [0.5, 0.6) is 17.2 Å². The summed E-state index contributed by atoms with van der Waals surface area (Å²) in [5, 5.41) is 14.4. The number of phenolic OH excluding ortho intramolecular Hbond substituents is 1. The summed E-state index contributed by atoms with van der Waals surface area (Å²) < 4.78 is 35.8. The fourth-order valence-electron chi connectivity index (χ4n) is 4.69. The molecule has 13 heteroatoms. The van der Waals surface area contributed by atoms with E-state index < -0.39 is 27.0 Å². The van der Waals surface area contributed by atoms with Crippen LogP contribution in [0, 0.1) is 0 Å². The summed E-state index contributed by atoms with van der Waals surface area (Å²) in [4.78, 5) is 25.2. The molecule has 1 aromatic heterocycles. The molecule has 2 heterocycles. The van der Waals surface area contributed by atoms with Crippen LogP contribution in [0.1, 0.15) is 24.8 Å². The van der Waals surface area contributed by atoms with E-state index in [1.807, 2.05) is 30.3 Å². The Bertz CT molecular complexity index is 1750. The fraction of sp³-hybridized carbons (Fsp3) is 0.222. The van der Waals surface area contributed by atoms with Crippen LogP contribution in [0.4, 0.5) is 0 Å². The summed E-state index contributed by atoms with van der Waals surface area (Å²) in [6.45, 7) is 0.335. The molecular weight excluding hydrogens is 579 g/mol. The third kappa shape index (κ3) is 5.78. The van der Waals surface area contributed by atoms with Gasteiger partial charge in [0.15, 0.2) is 5.75 Å². The smallest absolute Gasteiger partial charge is 0.349 e. The van der Waals surface area contributed by atoms with Gasteiger partial charge in [0, 0.05) is 18.7 Å². The van der Waals surface area contributed by atoms with Crippen molar-refractivity contribution in [3.8, 4) is 22.9 Å². The van der Waals surface area contributed by atoms with Crippen molar-refractivity contribution >= 4 is 33.2 Å². The highest BCUT2D eigenvalue weighted by Crippen LogP contribution is 2.40. The SMILES string of the molecule is O=c1cnn(-c2cc(Cl)c(Oc3ccc(O)c(S(=O)(=O)N4CCCCC4Cc4ccccc4)c3)c(Cl)c2)c(=O)[nH]1. The van der Waals surface area contributed by atoms with Crippen molar-refractivity contribution in [1.82, 2.24) is 19.1 Å². The zero-order valence-corrected chi connectivity index (χ0v) is 23.3. The van der Waals surface area contributed by atoms with Gasteiger partial charge in [0.1, 0.15) is 22.6 Å². The lowest BCUT2D eigenvalue weighted by molar-refractivity contribution is 0.250. The predicted octanol–water partition coefficient (Wildman–Crippen LogP) is 4.51. The number of hydrogen-bond acceptors (Lipinski definition) is 7. The number of hydrogen-bond donors (Lipinski definition) is 2. The van der Waals surface area contributed by atoms with E-state index in [-0.39, 0.29) is 38.2 Å². The first-order chi connectivity index (χ1) is 19.1. The Labute approximate surface area is 239 Å². The number of nitrogens with one attached hydrogen (secondary N) is 1. The number of ether oxygens (including phenoxy) is 1. The van der Waals surface area contributed by atoms with E-state index in [0.29, 0.717) is 25.8 Å². The number of halogens is 2. The molecule has 0 radical (unpaired) electrons. The third-order valence-electron chi connectivity index (χ3n) is 6.57. The molecule has 1 unspecified atom stereocenters. The molecule has 1 saturated heterocycles. The molecule has 208 valence electrons. The Morgan fingerprint density at radius 1 is 1.02 bits per heavy atom. The van der Waals surface area contributed by atoms with Crippen molar-refractivity contribution in [3.05, 3.63) is 103 Å². The Balaban J connectivity index is 1.45. The van der Waals surface area contributed by atoms with E-state index in [0.717, 1.165) is 22.9 Å². The maximum atomic E-state index is 13.8. The third-order valence-corrected chi connectivity index (χ3v) is 9.11. The number of rotatable bonds is 7. The van der Waals surface area contributed by atoms with Crippen LogP contribution in [0.2, 0.25) is 10.0 Å². The lowest BCUT2D eigenvalue weighted by Crippen LogP contribution is -2.44. The molecule has 40 heavy (non-hydrogen) atoms. The van der Waals surface area contributed by atoms with Gasteiger partial charge in [0.25, 0.3) is 5.56 Å². The highest BCUT2D eigenvalue weighted by molar-refractivity contribution is 7.89. The van der Waals surface area contributed by atoms with E-state index in [4.69, 9.17) is 27.9 Å². The summed E-state index contributed by atoms with van der Waals surface area (Å²) >= 11 is 12.8. The first-order valence-electron chi connectivity index (χ1n) is 12.4. The maximum Gasteiger partial charge on any atom is 0.349 e. The van der Waals surface area contributed by atoms with Crippen LogP contribution < -0.4 is 16.0 Å². The minimum Gasteiger partial charge on any atom is -0.507 e. The first-order valence-corrected chi connectivity index (χ1v) is 14.6. The first kappa shape index (κ1) is 27.9. The number of nitrogens with zero attached hydrogens (tertiary/aromatic N) is 3. The zero-order chi connectivity index (χ0) is 28.4. The van der Waals surface area contributed by atoms with Gasteiger partial charge in [-0.1, -0.05) is 60.0 Å². The van der Waals surface area contributed by atoms with Gasteiger partial charge in [0.2, 0.25) is 10.0 Å². The van der Waals surface area contributed by atoms with Gasteiger partial charge >= 0.3 is 5.69 Å². The molecule has 1 fully saturated rings. The summed E-state index contributed by atoms with van der Waals surface area (Å²) in [5.74, 6) is -0.338. The van der Waals surface area contributed by atoms with Crippen molar-refractivity contribution in [3.63, 3.8) is 0 Å². The molecule has 3 aromatic carbocycles. The Kier molecular flexibility index (Phi) is 7.99. The van der Waals surface area contributed by atoms with Gasteiger partial charge in [-0.2, -0.15) is 14.1 Å². The Morgan fingerprint density at radius 2 is 1.75 bits per heavy atom. The summed E-state index contributed by atoms with van der Waals surface area (Å²) in [5.41, 5.74) is -0.243. The number of benzene rings is 3. The second kappa shape index (κ2) is 11.5. The fourth-order valence-corrected chi connectivity index (χ4v) is 7.04. The molecular formula is C27H24Cl2N4O6S. The predicted molar refractivity (Wildman–Crippen MR) is 150 cm³/mol. The van der Waals surface area contributed by atoms with Gasteiger partial charge in [-0.05, 0) is 49.1 Å². The molecule has 10 nitrogen and oxygen atoms in total. The number of piperidine rings is 1. The minimum absolute atomic E-state index is 0.00108. The average Bonchev–Trinajstić information content (AvgIpc) is 2.92. The minimum atomic E-state index is -4.09. The second-order valence-corrected chi connectivity index (χ2v) is 11.9. The average molecular weight is 603 g/mol. The van der Waals surface area contributed by atoms with Gasteiger partial charge in [-0.15, -0.1) is 0 Å². The van der Waals surface area contributed by atoms with Gasteiger partial charge < -0.3 is 9.84 Å². The molecule has 1 aliphatic heterocycles. The molecule has 5 rings (SSSR count). The van der Waals surface area contributed by atoms with Crippen molar-refractivity contribution in [2.75, 3.05) is 6.54 Å². The van der Waals surface area contributed by atoms with Gasteiger partial charge in [-0.25, -0.2) is 13.2 Å². The summed E-state index contributed by atoms with van der Waals surface area (Å²) in [6.07, 6.45) is 3.81. The van der Waals surface area contributed by atoms with E-state index in [1.165, 1.54) is 34.6 Å². The zero-order valence-electron chi connectivity index (χ0n) is 21.0. The summed E-state index contributed by atoms with van der Waals surface area (Å²) in [7, 11) is -4.09. The number of H-pyrrole nitrogens is 1. The molecule has 0 saturated carbocycles. The van der Waals surface area contributed by atoms with Crippen molar-refractivity contribution in [1.29, 1.82) is 0 Å². The number of aromatic hydroxyl groups is 1. The van der Waals surface area contributed by atoms with Crippen molar-refractivity contribution in [2.24, 2.45) is 0 Å². The topological polar surface area (TPSA) is 135 Å². The molecule has 0 amide bonds. The van der Waals surface area contributed by atoms with Gasteiger partial charge in [0.05, 0.1) is 15.7 Å². The van der Waals surface area contributed by atoms with Crippen LogP contribution in [-0.4, -0.2) is 45.2 Å². The Hall–Kier alpha value is -3.64. The van der Waals surface area contributed by atoms with Crippen LogP contribution in [-0.2, 0) is 16.4 Å². The van der Waals surface area contributed by atoms with Crippen LogP contribution in [0.15, 0.2) is 81.3 Å². The highest BCUT2D eigenvalue weighted by Gasteiger charge is 2.35. The largest absolute Gasteiger partial charge is 0.507 e. The lowest BCUT2D eigenvalue weighted by atomic mass is 9.98. The quantitative estimate of drug-likeness (QED) is 0.318. The van der Waals surface area contributed by atoms with Crippen LogP contribution >= 0.6 is 23.2 Å². The molecule has 0 spiro atoms. The van der Waals surface area contributed by atoms with Gasteiger partial charge in [-0.3, -0.25) is 9.78 Å². The number of aromatic nitrogens is 3. The maximum absolute atomic E-state index is 13.8. The highest BCUT2D eigenvalue weighted by atomic mass is 35.5. The Morgan fingerprint density at radius 3 is 2.45 bits per heavy atom. The van der Waals surface area contributed by atoms with Crippen LogP contribution in [0.3, 0.4) is 0 Å². The number of aromatic amines is 1.